The van der Waals surface area contributed by atoms with E-state index in [0.717, 1.165) is 0 Å². The van der Waals surface area contributed by atoms with Crippen molar-refractivity contribution < 1.29 is 24.6 Å². The number of urea groups is 1. The molecule has 0 aromatic rings. The molecule has 3 N–H and O–H groups in total. The zero-order valence-electron chi connectivity index (χ0n) is 12.0. The molecule has 1 aliphatic carbocycles. The lowest BCUT2D eigenvalue weighted by Crippen LogP contribution is -2.50. The Morgan fingerprint density at radius 3 is 2.10 bits per heavy atom. The molecule has 2 amide bonds. The molecule has 0 spiro atoms. The van der Waals surface area contributed by atoms with E-state index in [1.54, 1.807) is 4.90 Å². The molecule has 0 bridgehead atoms. The number of amides is 2. The number of carbonyl (C=O) groups excluding carboxylic acids is 1. The van der Waals surface area contributed by atoms with Crippen molar-refractivity contribution in [2.45, 2.75) is 44.6 Å². The Bertz CT molecular complexity index is 418. The first-order valence-electron chi connectivity index (χ1n) is 7.48. The minimum atomic E-state index is -0.852. The van der Waals surface area contributed by atoms with Crippen LogP contribution in [-0.4, -0.2) is 52.2 Å². The standard InChI is InChI=1S/C14H22N2O5/c17-12(18)9-3-5-11(6-4-9)15-14(21)16-7-1-2-10(8-16)13(19)20/h9-11H,1-8H2,(H,15,21)(H,17,18)(H,19,20). The SMILES string of the molecule is O=C(O)C1CCC(NC(=O)N2CCCC(C(=O)O)C2)CC1. The number of aliphatic carboxylic acids is 2. The van der Waals surface area contributed by atoms with Gasteiger partial charge in [-0.2, -0.15) is 0 Å². The summed E-state index contributed by atoms with van der Waals surface area (Å²) in [6, 6.07) is -0.224. The lowest BCUT2D eigenvalue weighted by molar-refractivity contribution is -0.143. The monoisotopic (exact) mass is 298 g/mol. The van der Waals surface area contributed by atoms with Gasteiger partial charge in [0, 0.05) is 19.1 Å². The Morgan fingerprint density at radius 1 is 0.905 bits per heavy atom. The van der Waals surface area contributed by atoms with Crippen LogP contribution in [0.25, 0.3) is 0 Å². The van der Waals surface area contributed by atoms with Gasteiger partial charge in [0.05, 0.1) is 11.8 Å². The van der Waals surface area contributed by atoms with Crippen molar-refractivity contribution >= 4 is 18.0 Å². The third-order valence-electron chi connectivity index (χ3n) is 4.46. The van der Waals surface area contributed by atoms with Crippen molar-refractivity contribution in [1.82, 2.24) is 10.2 Å². The van der Waals surface area contributed by atoms with Gasteiger partial charge < -0.3 is 20.4 Å². The number of rotatable bonds is 3. The van der Waals surface area contributed by atoms with Crippen molar-refractivity contribution in [3.63, 3.8) is 0 Å². The minimum Gasteiger partial charge on any atom is -0.481 e. The topological polar surface area (TPSA) is 107 Å². The van der Waals surface area contributed by atoms with Crippen LogP contribution in [0.3, 0.4) is 0 Å². The molecule has 1 atom stereocenters. The van der Waals surface area contributed by atoms with Gasteiger partial charge in [-0.15, -0.1) is 0 Å². The van der Waals surface area contributed by atoms with Gasteiger partial charge in [-0.25, -0.2) is 4.79 Å². The van der Waals surface area contributed by atoms with Crippen LogP contribution in [0.2, 0.25) is 0 Å². The lowest BCUT2D eigenvalue weighted by atomic mass is 9.86. The number of hydrogen-bond donors (Lipinski definition) is 3. The number of carboxylic acid groups (broad SMARTS) is 2. The van der Waals surface area contributed by atoms with E-state index in [2.05, 4.69) is 5.32 Å². The van der Waals surface area contributed by atoms with Gasteiger partial charge >= 0.3 is 18.0 Å². The molecule has 1 saturated heterocycles. The van der Waals surface area contributed by atoms with Crippen molar-refractivity contribution in [2.24, 2.45) is 11.8 Å². The van der Waals surface area contributed by atoms with Gasteiger partial charge in [0.25, 0.3) is 0 Å². The number of carboxylic acids is 2. The van der Waals surface area contributed by atoms with E-state index in [0.29, 0.717) is 45.1 Å². The number of likely N-dealkylation sites (tertiary alicyclic amines) is 1. The highest BCUT2D eigenvalue weighted by atomic mass is 16.4. The van der Waals surface area contributed by atoms with E-state index in [1.165, 1.54) is 0 Å². The van der Waals surface area contributed by atoms with Crippen LogP contribution in [0.15, 0.2) is 0 Å². The molecule has 1 unspecified atom stereocenters. The Hall–Kier alpha value is -1.79. The highest BCUT2D eigenvalue weighted by Crippen LogP contribution is 2.25. The van der Waals surface area contributed by atoms with Crippen LogP contribution in [-0.2, 0) is 9.59 Å². The second-order valence-corrected chi connectivity index (χ2v) is 5.96. The highest BCUT2D eigenvalue weighted by molar-refractivity contribution is 5.77. The molecule has 1 heterocycles. The van der Waals surface area contributed by atoms with Crippen LogP contribution in [0.1, 0.15) is 38.5 Å². The summed E-state index contributed by atoms with van der Waals surface area (Å²) in [6.45, 7) is 0.839. The highest BCUT2D eigenvalue weighted by Gasteiger charge is 2.31. The first-order chi connectivity index (χ1) is 9.97. The molecule has 0 aromatic heterocycles. The maximum Gasteiger partial charge on any atom is 0.317 e. The molecule has 1 aliphatic heterocycles. The number of nitrogens with one attached hydrogen (secondary N) is 1. The minimum absolute atomic E-state index is 0.00157. The number of hydrogen-bond acceptors (Lipinski definition) is 3. The Morgan fingerprint density at radius 2 is 1.52 bits per heavy atom. The van der Waals surface area contributed by atoms with Crippen molar-refractivity contribution in [3.05, 3.63) is 0 Å². The molecular formula is C14H22N2O5. The first kappa shape index (κ1) is 15.6. The van der Waals surface area contributed by atoms with Gasteiger partial charge in [0.1, 0.15) is 0 Å². The first-order valence-corrected chi connectivity index (χ1v) is 7.48. The summed E-state index contributed by atoms with van der Waals surface area (Å²) in [5.41, 5.74) is 0. The summed E-state index contributed by atoms with van der Waals surface area (Å²) in [5.74, 6) is -2.40. The summed E-state index contributed by atoms with van der Waals surface area (Å²) in [6.07, 6.45) is 3.81. The normalized spacial score (nSPS) is 29.7. The van der Waals surface area contributed by atoms with Crippen molar-refractivity contribution in [2.75, 3.05) is 13.1 Å². The Kier molecular flexibility index (Phi) is 5.03. The van der Waals surface area contributed by atoms with E-state index in [4.69, 9.17) is 10.2 Å². The van der Waals surface area contributed by atoms with Crippen LogP contribution < -0.4 is 5.32 Å². The summed E-state index contributed by atoms with van der Waals surface area (Å²) in [4.78, 5) is 35.6. The average Bonchev–Trinajstić information content (AvgIpc) is 2.48. The predicted molar refractivity (Wildman–Crippen MR) is 73.8 cm³/mol. The molecule has 118 valence electrons. The Balaban J connectivity index is 1.79. The third-order valence-corrected chi connectivity index (χ3v) is 4.46. The summed E-state index contributed by atoms with van der Waals surface area (Å²) in [7, 11) is 0. The Labute approximate surface area is 123 Å². The predicted octanol–water partition coefficient (Wildman–Crippen LogP) is 1.14. The average molecular weight is 298 g/mol. The maximum atomic E-state index is 12.2. The molecule has 2 aliphatic rings. The van der Waals surface area contributed by atoms with Gasteiger partial charge in [0.2, 0.25) is 0 Å². The third kappa shape index (κ3) is 4.09. The van der Waals surface area contributed by atoms with Crippen molar-refractivity contribution in [1.29, 1.82) is 0 Å². The van der Waals surface area contributed by atoms with Crippen LogP contribution in [0.5, 0.6) is 0 Å². The largest absolute Gasteiger partial charge is 0.481 e. The number of piperidine rings is 1. The van der Waals surface area contributed by atoms with E-state index >= 15 is 0 Å². The van der Waals surface area contributed by atoms with Gasteiger partial charge in [-0.3, -0.25) is 9.59 Å². The smallest absolute Gasteiger partial charge is 0.317 e. The van der Waals surface area contributed by atoms with Gasteiger partial charge in [0.15, 0.2) is 0 Å². The van der Waals surface area contributed by atoms with Crippen LogP contribution in [0, 0.1) is 11.8 Å². The van der Waals surface area contributed by atoms with Crippen molar-refractivity contribution in [3.8, 4) is 0 Å². The molecule has 21 heavy (non-hydrogen) atoms. The van der Waals surface area contributed by atoms with E-state index < -0.39 is 17.9 Å². The molecule has 7 nitrogen and oxygen atoms in total. The number of nitrogens with zero attached hydrogens (tertiary/aromatic N) is 1. The maximum absolute atomic E-state index is 12.2. The second-order valence-electron chi connectivity index (χ2n) is 5.96. The van der Waals surface area contributed by atoms with Gasteiger partial charge in [-0.05, 0) is 38.5 Å². The zero-order chi connectivity index (χ0) is 15.4. The fourth-order valence-electron chi connectivity index (χ4n) is 3.11. The lowest BCUT2D eigenvalue weighted by Gasteiger charge is -2.33. The van der Waals surface area contributed by atoms with E-state index in [1.807, 2.05) is 0 Å². The quantitative estimate of drug-likeness (QED) is 0.724. The zero-order valence-corrected chi connectivity index (χ0v) is 12.0. The molecular weight excluding hydrogens is 276 g/mol. The van der Waals surface area contributed by atoms with Crippen LogP contribution in [0.4, 0.5) is 4.79 Å². The van der Waals surface area contributed by atoms with E-state index in [9.17, 15) is 14.4 Å². The summed E-state index contributed by atoms with van der Waals surface area (Å²) >= 11 is 0. The second kappa shape index (κ2) is 6.78. The summed E-state index contributed by atoms with van der Waals surface area (Å²) in [5, 5.41) is 20.9. The summed E-state index contributed by atoms with van der Waals surface area (Å²) < 4.78 is 0. The molecule has 0 aromatic carbocycles. The van der Waals surface area contributed by atoms with Crippen LogP contribution >= 0.6 is 0 Å². The fourth-order valence-corrected chi connectivity index (χ4v) is 3.11. The molecule has 2 rings (SSSR count). The van der Waals surface area contributed by atoms with E-state index in [-0.39, 0.29) is 24.5 Å². The van der Waals surface area contributed by atoms with Gasteiger partial charge in [-0.1, -0.05) is 0 Å². The molecule has 0 radical (unpaired) electrons. The molecule has 2 fully saturated rings. The fraction of sp³-hybridized carbons (Fsp3) is 0.786. The number of carbonyl (C=O) groups is 3. The molecule has 7 heteroatoms. The molecule has 1 saturated carbocycles.